The molecule has 0 saturated heterocycles. The molecule has 0 aliphatic carbocycles. The van der Waals surface area contributed by atoms with Gasteiger partial charge in [-0.2, -0.15) is 0 Å². The second-order valence-corrected chi connectivity index (χ2v) is 7.15. The second kappa shape index (κ2) is 7.58. The summed E-state index contributed by atoms with van der Waals surface area (Å²) in [5, 5.41) is 17.7. The van der Waals surface area contributed by atoms with Crippen molar-refractivity contribution in [2.24, 2.45) is 0 Å². The normalized spacial score (nSPS) is 11.8. The van der Waals surface area contributed by atoms with Gasteiger partial charge < -0.3 is 15.4 Å². The Kier molecular flexibility index (Phi) is 5.22. The van der Waals surface area contributed by atoms with Crippen LogP contribution in [0, 0.1) is 17.0 Å². The lowest BCUT2D eigenvalue weighted by molar-refractivity contribution is -0.384. The first-order valence-corrected chi connectivity index (χ1v) is 8.96. The fraction of sp³-hybridized carbons (Fsp3) is 0.222. The summed E-state index contributed by atoms with van der Waals surface area (Å²) in [6.07, 6.45) is 0. The lowest BCUT2D eigenvalue weighted by atomic mass is 10.2. The van der Waals surface area contributed by atoms with E-state index in [4.69, 9.17) is 4.74 Å². The van der Waals surface area contributed by atoms with Crippen molar-refractivity contribution in [3.63, 3.8) is 0 Å². The number of anilines is 2. The Bertz CT molecular complexity index is 1020. The van der Waals surface area contributed by atoms with Gasteiger partial charge in [0.25, 0.3) is 5.69 Å². The van der Waals surface area contributed by atoms with Gasteiger partial charge in [0.15, 0.2) is 0 Å². The number of amides is 1. The zero-order chi connectivity index (χ0) is 19.6. The Morgan fingerprint density at radius 3 is 2.78 bits per heavy atom. The molecule has 0 fully saturated rings. The number of carbonyl (C=O) groups is 1. The minimum atomic E-state index is -0.531. The van der Waals surface area contributed by atoms with E-state index in [1.54, 1.807) is 18.3 Å². The molecule has 0 aliphatic heterocycles. The maximum absolute atomic E-state index is 12.5. The number of carbonyl (C=O) groups excluding carboxylic acids is 1. The van der Waals surface area contributed by atoms with Crippen molar-refractivity contribution < 1.29 is 14.5 Å². The smallest absolute Gasteiger partial charge is 0.273 e. The Morgan fingerprint density at radius 2 is 2.07 bits per heavy atom. The standard InChI is InChI=1S/C18H18N4O4S/c1-10(19-12-4-6-15-17(8-12)27-11(2)20-15)18(23)21-14-7-5-13(22(24)25)9-16(14)26-3/h4-10,19H,1-3H3,(H,21,23). The molecule has 0 aliphatic rings. The summed E-state index contributed by atoms with van der Waals surface area (Å²) in [4.78, 5) is 27.3. The van der Waals surface area contributed by atoms with Crippen molar-refractivity contribution in [2.45, 2.75) is 19.9 Å². The Hall–Kier alpha value is -3.20. The number of aromatic nitrogens is 1. The molecule has 2 aromatic carbocycles. The Labute approximate surface area is 159 Å². The predicted octanol–water partition coefficient (Wildman–Crippen LogP) is 3.96. The second-order valence-electron chi connectivity index (χ2n) is 5.91. The van der Waals surface area contributed by atoms with Gasteiger partial charge in [0, 0.05) is 11.8 Å². The van der Waals surface area contributed by atoms with Gasteiger partial charge in [0.2, 0.25) is 5.91 Å². The van der Waals surface area contributed by atoms with Crippen molar-refractivity contribution >= 4 is 44.5 Å². The number of nitro groups is 1. The number of methoxy groups -OCH3 is 1. The number of non-ortho nitro benzene ring substituents is 1. The molecule has 3 rings (SSSR count). The van der Waals surface area contributed by atoms with Crippen LogP contribution in [0.2, 0.25) is 0 Å². The van der Waals surface area contributed by atoms with Crippen molar-refractivity contribution in [1.29, 1.82) is 0 Å². The third-order valence-corrected chi connectivity index (χ3v) is 4.86. The summed E-state index contributed by atoms with van der Waals surface area (Å²) in [5.74, 6) is -0.0611. The summed E-state index contributed by atoms with van der Waals surface area (Å²) in [6, 6.07) is 9.24. The first kappa shape index (κ1) is 18.6. The van der Waals surface area contributed by atoms with Gasteiger partial charge in [-0.15, -0.1) is 11.3 Å². The van der Waals surface area contributed by atoms with Gasteiger partial charge in [-0.1, -0.05) is 0 Å². The number of nitrogens with one attached hydrogen (secondary N) is 2. The molecule has 1 atom stereocenters. The van der Waals surface area contributed by atoms with Crippen LogP contribution in [0.5, 0.6) is 5.75 Å². The highest BCUT2D eigenvalue weighted by Gasteiger charge is 2.17. The fourth-order valence-corrected chi connectivity index (χ4v) is 3.45. The van der Waals surface area contributed by atoms with Crippen molar-refractivity contribution in [1.82, 2.24) is 4.98 Å². The first-order valence-electron chi connectivity index (χ1n) is 8.14. The quantitative estimate of drug-likeness (QED) is 0.490. The maximum atomic E-state index is 12.5. The Morgan fingerprint density at radius 1 is 1.30 bits per heavy atom. The molecular weight excluding hydrogens is 368 g/mol. The molecule has 2 N–H and O–H groups in total. The summed E-state index contributed by atoms with van der Waals surface area (Å²) in [5.41, 5.74) is 2.00. The minimum Gasteiger partial charge on any atom is -0.494 e. The number of rotatable bonds is 6. The summed E-state index contributed by atoms with van der Waals surface area (Å²) in [7, 11) is 1.39. The van der Waals surface area contributed by atoms with E-state index in [1.165, 1.54) is 25.3 Å². The largest absolute Gasteiger partial charge is 0.494 e. The fourth-order valence-electron chi connectivity index (χ4n) is 2.58. The number of benzene rings is 2. The van der Waals surface area contributed by atoms with E-state index in [2.05, 4.69) is 15.6 Å². The molecule has 27 heavy (non-hydrogen) atoms. The average molecular weight is 386 g/mol. The van der Waals surface area contributed by atoms with Crippen molar-refractivity contribution in [3.8, 4) is 5.75 Å². The van der Waals surface area contributed by atoms with Gasteiger partial charge in [0.05, 0.1) is 39.0 Å². The van der Waals surface area contributed by atoms with Gasteiger partial charge >= 0.3 is 0 Å². The van der Waals surface area contributed by atoms with Crippen LogP contribution in [0.4, 0.5) is 17.1 Å². The van der Waals surface area contributed by atoms with E-state index in [0.29, 0.717) is 5.69 Å². The number of hydrogen-bond acceptors (Lipinski definition) is 7. The van der Waals surface area contributed by atoms with Crippen LogP contribution in [0.15, 0.2) is 36.4 Å². The molecule has 0 spiro atoms. The van der Waals surface area contributed by atoms with Gasteiger partial charge in [-0.3, -0.25) is 14.9 Å². The zero-order valence-corrected chi connectivity index (χ0v) is 15.8. The van der Waals surface area contributed by atoms with Gasteiger partial charge in [0.1, 0.15) is 11.8 Å². The number of hydrogen-bond donors (Lipinski definition) is 2. The third kappa shape index (κ3) is 4.14. The SMILES string of the molecule is COc1cc([N+](=O)[O-])ccc1NC(=O)C(C)Nc1ccc2nc(C)sc2c1. The number of nitro benzene ring substituents is 1. The number of ether oxygens (including phenoxy) is 1. The molecular formula is C18H18N4O4S. The van der Waals surface area contributed by atoms with Crippen molar-refractivity contribution in [2.75, 3.05) is 17.7 Å². The molecule has 1 unspecified atom stereocenters. The molecule has 1 aromatic heterocycles. The number of thiazole rings is 1. The lowest BCUT2D eigenvalue weighted by Gasteiger charge is -2.16. The number of nitrogens with zero attached hydrogens (tertiary/aromatic N) is 2. The van der Waals surface area contributed by atoms with Crippen LogP contribution in [0.1, 0.15) is 11.9 Å². The van der Waals surface area contributed by atoms with E-state index in [1.807, 2.05) is 25.1 Å². The third-order valence-electron chi connectivity index (χ3n) is 3.93. The highest BCUT2D eigenvalue weighted by atomic mass is 32.1. The summed E-state index contributed by atoms with van der Waals surface area (Å²) in [6.45, 7) is 3.68. The molecule has 1 heterocycles. The molecule has 0 saturated carbocycles. The van der Waals surface area contributed by atoms with E-state index in [0.717, 1.165) is 20.9 Å². The monoisotopic (exact) mass is 386 g/mol. The molecule has 0 radical (unpaired) electrons. The molecule has 8 nitrogen and oxygen atoms in total. The number of aryl methyl sites for hydroxylation is 1. The topological polar surface area (TPSA) is 106 Å². The molecule has 0 bridgehead atoms. The van der Waals surface area contributed by atoms with Gasteiger partial charge in [-0.05, 0) is 38.1 Å². The lowest BCUT2D eigenvalue weighted by Crippen LogP contribution is -2.32. The molecule has 3 aromatic rings. The average Bonchev–Trinajstić information content (AvgIpc) is 3.01. The summed E-state index contributed by atoms with van der Waals surface area (Å²) >= 11 is 1.59. The van der Waals surface area contributed by atoms with Crippen LogP contribution in [0.25, 0.3) is 10.2 Å². The number of fused-ring (bicyclic) bond motifs is 1. The predicted molar refractivity (Wildman–Crippen MR) is 106 cm³/mol. The minimum absolute atomic E-state index is 0.107. The Balaban J connectivity index is 1.72. The van der Waals surface area contributed by atoms with Crippen LogP contribution in [0.3, 0.4) is 0 Å². The van der Waals surface area contributed by atoms with Crippen LogP contribution in [-0.4, -0.2) is 29.0 Å². The highest BCUT2D eigenvalue weighted by Crippen LogP contribution is 2.29. The molecule has 1 amide bonds. The molecule has 9 heteroatoms. The van der Waals surface area contributed by atoms with E-state index in [-0.39, 0.29) is 17.3 Å². The molecule has 140 valence electrons. The van der Waals surface area contributed by atoms with E-state index in [9.17, 15) is 14.9 Å². The van der Waals surface area contributed by atoms with Crippen molar-refractivity contribution in [3.05, 3.63) is 51.5 Å². The first-order chi connectivity index (χ1) is 12.9. The highest BCUT2D eigenvalue weighted by molar-refractivity contribution is 7.18. The zero-order valence-electron chi connectivity index (χ0n) is 15.0. The van der Waals surface area contributed by atoms with E-state index < -0.39 is 11.0 Å². The van der Waals surface area contributed by atoms with Gasteiger partial charge in [-0.25, -0.2) is 4.98 Å². The van der Waals surface area contributed by atoms with Crippen LogP contribution in [-0.2, 0) is 4.79 Å². The van der Waals surface area contributed by atoms with Crippen LogP contribution >= 0.6 is 11.3 Å². The van der Waals surface area contributed by atoms with E-state index >= 15 is 0 Å². The maximum Gasteiger partial charge on any atom is 0.273 e. The van der Waals surface area contributed by atoms with Crippen LogP contribution < -0.4 is 15.4 Å². The summed E-state index contributed by atoms with van der Waals surface area (Å²) < 4.78 is 6.18.